The van der Waals surface area contributed by atoms with Gasteiger partial charge in [-0.1, -0.05) is 13.8 Å². The SMILES string of the molecule is CCC(C)(CC)NC(=O)N1C(C(=O)O)CSC1C1CC1. The fourth-order valence-corrected chi connectivity index (χ4v) is 4.10. The van der Waals surface area contributed by atoms with E-state index in [1.807, 2.05) is 20.8 Å². The summed E-state index contributed by atoms with van der Waals surface area (Å²) in [5, 5.41) is 12.4. The molecule has 0 spiro atoms. The van der Waals surface area contributed by atoms with Crippen molar-refractivity contribution in [2.75, 3.05) is 5.75 Å². The van der Waals surface area contributed by atoms with Crippen molar-refractivity contribution in [3.8, 4) is 0 Å². The molecule has 2 N–H and O–H groups in total. The molecule has 0 bridgehead atoms. The zero-order valence-electron chi connectivity index (χ0n) is 12.4. The molecule has 2 fully saturated rings. The fraction of sp³-hybridized carbons (Fsp3) is 0.857. The maximum atomic E-state index is 12.6. The van der Waals surface area contributed by atoms with Crippen molar-refractivity contribution >= 4 is 23.8 Å². The van der Waals surface area contributed by atoms with Gasteiger partial charge in [0.2, 0.25) is 0 Å². The maximum absolute atomic E-state index is 12.6. The monoisotopic (exact) mass is 300 g/mol. The number of aliphatic carboxylic acids is 1. The normalized spacial score (nSPS) is 26.6. The molecule has 0 radical (unpaired) electrons. The van der Waals surface area contributed by atoms with Gasteiger partial charge in [-0.15, -0.1) is 11.8 Å². The summed E-state index contributed by atoms with van der Waals surface area (Å²) in [6, 6.07) is -0.908. The van der Waals surface area contributed by atoms with Gasteiger partial charge in [0.05, 0.1) is 5.37 Å². The molecule has 0 aromatic rings. The molecule has 6 heteroatoms. The topological polar surface area (TPSA) is 69.6 Å². The molecule has 5 nitrogen and oxygen atoms in total. The molecule has 1 saturated carbocycles. The lowest BCUT2D eigenvalue weighted by molar-refractivity contribution is -0.141. The Kier molecular flexibility index (Phi) is 4.52. The van der Waals surface area contributed by atoms with Crippen LogP contribution in [0.5, 0.6) is 0 Å². The quantitative estimate of drug-likeness (QED) is 0.818. The van der Waals surface area contributed by atoms with E-state index in [0.29, 0.717) is 11.7 Å². The molecule has 0 aromatic heterocycles. The van der Waals surface area contributed by atoms with E-state index in [1.165, 1.54) is 0 Å². The van der Waals surface area contributed by atoms with Crippen LogP contribution in [-0.2, 0) is 4.79 Å². The van der Waals surface area contributed by atoms with Crippen LogP contribution in [0.15, 0.2) is 0 Å². The summed E-state index contributed by atoms with van der Waals surface area (Å²) in [6.45, 7) is 6.08. The minimum Gasteiger partial charge on any atom is -0.480 e. The number of carboxylic acid groups (broad SMARTS) is 1. The van der Waals surface area contributed by atoms with E-state index in [1.54, 1.807) is 16.7 Å². The predicted molar refractivity (Wildman–Crippen MR) is 79.8 cm³/mol. The second-order valence-electron chi connectivity index (χ2n) is 6.02. The Labute approximate surface area is 124 Å². The standard InChI is InChI=1S/C14H24N2O3S/c1-4-14(3,5-2)15-13(19)16-10(12(17)18)8-20-11(16)9-6-7-9/h9-11H,4-8H2,1-3H3,(H,15,19)(H,17,18). The second kappa shape index (κ2) is 5.84. The molecule has 2 atom stereocenters. The molecule has 0 aromatic carbocycles. The van der Waals surface area contributed by atoms with Crippen LogP contribution in [0.1, 0.15) is 46.5 Å². The lowest BCUT2D eigenvalue weighted by Crippen LogP contribution is -2.56. The highest BCUT2D eigenvalue weighted by molar-refractivity contribution is 8.00. The third-order valence-corrected chi connectivity index (χ3v) is 6.01. The van der Waals surface area contributed by atoms with E-state index in [9.17, 15) is 14.7 Å². The molecule has 114 valence electrons. The van der Waals surface area contributed by atoms with E-state index in [2.05, 4.69) is 5.32 Å². The highest BCUT2D eigenvalue weighted by Gasteiger charge is 2.48. The Morgan fingerprint density at radius 2 is 1.95 bits per heavy atom. The van der Waals surface area contributed by atoms with Gasteiger partial charge in [-0.05, 0) is 38.5 Å². The van der Waals surface area contributed by atoms with Gasteiger partial charge in [0.25, 0.3) is 0 Å². The first-order valence-corrected chi connectivity index (χ1v) is 8.41. The molecule has 20 heavy (non-hydrogen) atoms. The molecule has 2 unspecified atom stereocenters. The summed E-state index contributed by atoms with van der Waals surface area (Å²) in [6.07, 6.45) is 3.88. The Bertz CT molecular complexity index is 394. The van der Waals surface area contributed by atoms with Crippen LogP contribution in [0.3, 0.4) is 0 Å². The third kappa shape index (κ3) is 3.05. The Hall–Kier alpha value is -0.910. The van der Waals surface area contributed by atoms with Crippen molar-refractivity contribution in [3.63, 3.8) is 0 Å². The molecule has 1 aliphatic heterocycles. The lowest BCUT2D eigenvalue weighted by Gasteiger charge is -2.34. The molecular weight excluding hydrogens is 276 g/mol. The number of thioether (sulfide) groups is 1. The number of hydrogen-bond acceptors (Lipinski definition) is 3. The van der Waals surface area contributed by atoms with Crippen LogP contribution in [-0.4, -0.2) is 44.7 Å². The third-order valence-electron chi connectivity index (χ3n) is 4.55. The summed E-state index contributed by atoms with van der Waals surface area (Å²) in [5.74, 6) is 0.0777. The molecule has 1 saturated heterocycles. The minimum absolute atomic E-state index is 0.0362. The Morgan fingerprint density at radius 1 is 1.35 bits per heavy atom. The molecule has 2 rings (SSSR count). The Morgan fingerprint density at radius 3 is 2.40 bits per heavy atom. The van der Waals surface area contributed by atoms with Crippen LogP contribution in [0.2, 0.25) is 0 Å². The number of urea groups is 1. The molecule has 1 aliphatic carbocycles. The van der Waals surface area contributed by atoms with Crippen molar-refractivity contribution in [1.29, 1.82) is 0 Å². The average Bonchev–Trinajstić information content (AvgIpc) is 3.16. The number of carbonyl (C=O) groups excluding carboxylic acids is 1. The zero-order chi connectivity index (χ0) is 14.9. The minimum atomic E-state index is -0.898. The highest BCUT2D eigenvalue weighted by Crippen LogP contribution is 2.45. The van der Waals surface area contributed by atoms with Gasteiger partial charge < -0.3 is 10.4 Å². The van der Waals surface area contributed by atoms with Gasteiger partial charge >= 0.3 is 12.0 Å². The van der Waals surface area contributed by atoms with Gasteiger partial charge in [-0.25, -0.2) is 9.59 Å². The first-order chi connectivity index (χ1) is 9.41. The van der Waals surface area contributed by atoms with E-state index in [0.717, 1.165) is 25.7 Å². The molecular formula is C14H24N2O3S. The van der Waals surface area contributed by atoms with Crippen LogP contribution in [0, 0.1) is 5.92 Å². The molecule has 2 amide bonds. The smallest absolute Gasteiger partial charge is 0.327 e. The summed E-state index contributed by atoms with van der Waals surface area (Å²) in [5.41, 5.74) is -0.262. The van der Waals surface area contributed by atoms with Crippen molar-refractivity contribution in [2.45, 2.75) is 63.4 Å². The van der Waals surface area contributed by atoms with Gasteiger partial charge in [0.15, 0.2) is 0 Å². The van der Waals surface area contributed by atoms with E-state index < -0.39 is 12.0 Å². The van der Waals surface area contributed by atoms with Gasteiger partial charge in [-0.3, -0.25) is 4.90 Å². The number of nitrogens with one attached hydrogen (secondary N) is 1. The molecule has 1 heterocycles. The van der Waals surface area contributed by atoms with Crippen LogP contribution >= 0.6 is 11.8 Å². The number of nitrogens with zero attached hydrogens (tertiary/aromatic N) is 1. The fourth-order valence-electron chi connectivity index (χ4n) is 2.47. The zero-order valence-corrected chi connectivity index (χ0v) is 13.2. The Balaban J connectivity index is 2.12. The number of amides is 2. The number of carboxylic acids is 1. The highest BCUT2D eigenvalue weighted by atomic mass is 32.2. The van der Waals surface area contributed by atoms with Crippen molar-refractivity contribution in [1.82, 2.24) is 10.2 Å². The summed E-state index contributed by atoms with van der Waals surface area (Å²) in [4.78, 5) is 25.5. The lowest BCUT2D eigenvalue weighted by atomic mass is 9.96. The number of carbonyl (C=O) groups is 2. The number of hydrogen-bond donors (Lipinski definition) is 2. The largest absolute Gasteiger partial charge is 0.480 e. The van der Waals surface area contributed by atoms with Crippen molar-refractivity contribution < 1.29 is 14.7 Å². The first kappa shape index (κ1) is 15.5. The van der Waals surface area contributed by atoms with Gasteiger partial charge in [-0.2, -0.15) is 0 Å². The summed E-state index contributed by atoms with van der Waals surface area (Å²) >= 11 is 1.61. The number of rotatable bonds is 5. The van der Waals surface area contributed by atoms with Crippen LogP contribution < -0.4 is 5.32 Å². The first-order valence-electron chi connectivity index (χ1n) is 7.36. The van der Waals surface area contributed by atoms with Crippen LogP contribution in [0.25, 0.3) is 0 Å². The van der Waals surface area contributed by atoms with Crippen molar-refractivity contribution in [2.24, 2.45) is 5.92 Å². The van der Waals surface area contributed by atoms with Gasteiger partial charge in [0, 0.05) is 11.3 Å². The van der Waals surface area contributed by atoms with E-state index >= 15 is 0 Å². The van der Waals surface area contributed by atoms with E-state index in [-0.39, 0.29) is 16.9 Å². The second-order valence-corrected chi connectivity index (χ2v) is 7.17. The van der Waals surface area contributed by atoms with Gasteiger partial charge in [0.1, 0.15) is 6.04 Å². The van der Waals surface area contributed by atoms with E-state index in [4.69, 9.17) is 0 Å². The van der Waals surface area contributed by atoms with Crippen molar-refractivity contribution in [3.05, 3.63) is 0 Å². The average molecular weight is 300 g/mol. The summed E-state index contributed by atoms with van der Waals surface area (Å²) in [7, 11) is 0. The maximum Gasteiger partial charge on any atom is 0.327 e. The molecule has 2 aliphatic rings. The van der Waals surface area contributed by atoms with Crippen LogP contribution in [0.4, 0.5) is 4.79 Å². The predicted octanol–water partition coefficient (Wildman–Crippen LogP) is 2.51. The summed E-state index contributed by atoms with van der Waals surface area (Å²) < 4.78 is 0.